The van der Waals surface area contributed by atoms with Gasteiger partial charge in [-0.15, -0.1) is 0 Å². The van der Waals surface area contributed by atoms with Crippen molar-refractivity contribution in [1.82, 2.24) is 19.5 Å². The van der Waals surface area contributed by atoms with Gasteiger partial charge in [-0.05, 0) is 42.5 Å². The summed E-state index contributed by atoms with van der Waals surface area (Å²) in [5.41, 5.74) is 9.12. The first kappa shape index (κ1) is 27.9. The first-order valence-corrected chi connectivity index (χ1v) is 16.9. The van der Waals surface area contributed by atoms with Gasteiger partial charge >= 0.3 is 0 Å². The molecule has 6 heteroatoms. The molecule has 0 unspecified atom stereocenters. The van der Waals surface area contributed by atoms with Gasteiger partial charge in [-0.1, -0.05) is 115 Å². The van der Waals surface area contributed by atoms with E-state index >= 15 is 0 Å². The third-order valence-electron chi connectivity index (χ3n) is 9.86. The van der Waals surface area contributed by atoms with Crippen molar-refractivity contribution < 1.29 is 8.83 Å². The zero-order valence-corrected chi connectivity index (χ0v) is 27.1. The number of nitrogens with zero attached hydrogens (tertiary/aromatic N) is 4. The fourth-order valence-corrected chi connectivity index (χ4v) is 7.54. The highest BCUT2D eigenvalue weighted by atomic mass is 16.3. The SMILES string of the molecule is c1ccc(-c2nc(-c3ccccc3)nc(-c3ccc4c(c3)oc3ccc5c6cccc(-n7c8ccccc8c8ccccc87)c6oc5c34)n2)cc1. The molecule has 0 N–H and O–H groups in total. The van der Waals surface area contributed by atoms with E-state index in [-0.39, 0.29) is 0 Å². The van der Waals surface area contributed by atoms with E-state index in [9.17, 15) is 0 Å². The lowest BCUT2D eigenvalue weighted by Gasteiger charge is -2.08. The Morgan fingerprint density at radius 3 is 1.59 bits per heavy atom. The van der Waals surface area contributed by atoms with Crippen LogP contribution in [-0.2, 0) is 0 Å². The van der Waals surface area contributed by atoms with Crippen molar-refractivity contribution in [3.8, 4) is 39.9 Å². The van der Waals surface area contributed by atoms with Crippen LogP contribution in [0.5, 0.6) is 0 Å². The van der Waals surface area contributed by atoms with Crippen molar-refractivity contribution >= 4 is 65.7 Å². The average molecular weight is 655 g/mol. The highest BCUT2D eigenvalue weighted by Gasteiger charge is 2.21. The molecule has 238 valence electrons. The van der Waals surface area contributed by atoms with Crippen molar-refractivity contribution in [1.29, 1.82) is 0 Å². The molecule has 0 fully saturated rings. The second-order valence-electron chi connectivity index (χ2n) is 12.8. The van der Waals surface area contributed by atoms with Crippen molar-refractivity contribution in [3.63, 3.8) is 0 Å². The van der Waals surface area contributed by atoms with E-state index in [1.807, 2.05) is 72.8 Å². The number of benzene rings is 7. The molecule has 0 bridgehead atoms. The molecule has 0 spiro atoms. The Kier molecular flexibility index (Phi) is 5.86. The molecule has 0 saturated carbocycles. The summed E-state index contributed by atoms with van der Waals surface area (Å²) in [5.74, 6) is 1.81. The van der Waals surface area contributed by atoms with Crippen LogP contribution in [-0.4, -0.2) is 19.5 Å². The van der Waals surface area contributed by atoms with Gasteiger partial charge < -0.3 is 13.4 Å². The van der Waals surface area contributed by atoms with Crippen LogP contribution >= 0.6 is 0 Å². The number of furan rings is 2. The monoisotopic (exact) mass is 654 g/mol. The van der Waals surface area contributed by atoms with Gasteiger partial charge in [0, 0.05) is 43.6 Å². The summed E-state index contributed by atoms with van der Waals surface area (Å²) < 4.78 is 15.8. The van der Waals surface area contributed by atoms with Crippen LogP contribution < -0.4 is 0 Å². The van der Waals surface area contributed by atoms with Crippen LogP contribution in [0.1, 0.15) is 0 Å². The van der Waals surface area contributed by atoms with Crippen molar-refractivity contribution in [3.05, 3.63) is 158 Å². The van der Waals surface area contributed by atoms with Crippen LogP contribution in [0, 0.1) is 0 Å². The standard InChI is InChI=1S/C45H26N4O2/c1-3-12-27(13-4-1)43-46-44(28-14-5-2-6-15-28)48-45(47-43)29-22-23-34-39(26-29)50-38-25-24-33-32-18-11-21-37(41(32)51-42(33)40(34)38)49-35-19-9-7-16-30(35)31-17-8-10-20-36(31)49/h1-26H. The van der Waals surface area contributed by atoms with Gasteiger partial charge in [-0.3, -0.25) is 0 Å². The van der Waals surface area contributed by atoms with Gasteiger partial charge in [-0.2, -0.15) is 0 Å². The molecule has 11 aromatic rings. The molecule has 0 aliphatic rings. The van der Waals surface area contributed by atoms with Crippen molar-refractivity contribution in [2.45, 2.75) is 0 Å². The van der Waals surface area contributed by atoms with Gasteiger partial charge in [0.1, 0.15) is 16.7 Å². The van der Waals surface area contributed by atoms with E-state index < -0.39 is 0 Å². The van der Waals surface area contributed by atoms with Gasteiger partial charge in [0.15, 0.2) is 23.1 Å². The summed E-state index contributed by atoms with van der Waals surface area (Å²) in [4.78, 5) is 14.7. The number of hydrogen-bond donors (Lipinski definition) is 0. The third kappa shape index (κ3) is 4.20. The fourth-order valence-electron chi connectivity index (χ4n) is 7.54. The van der Waals surface area contributed by atoms with Crippen molar-refractivity contribution in [2.24, 2.45) is 0 Å². The van der Waals surface area contributed by atoms with E-state index in [1.54, 1.807) is 0 Å². The molecular weight excluding hydrogens is 629 g/mol. The lowest BCUT2D eigenvalue weighted by molar-refractivity contribution is 0.661. The minimum atomic E-state index is 0.578. The predicted molar refractivity (Wildman–Crippen MR) is 205 cm³/mol. The van der Waals surface area contributed by atoms with Gasteiger partial charge in [-0.25, -0.2) is 15.0 Å². The molecule has 11 rings (SSSR count). The largest absolute Gasteiger partial charge is 0.456 e. The molecule has 0 amide bonds. The smallest absolute Gasteiger partial charge is 0.164 e. The van der Waals surface area contributed by atoms with E-state index in [0.29, 0.717) is 17.5 Å². The summed E-state index contributed by atoms with van der Waals surface area (Å²) in [5, 5.41) is 6.45. The minimum Gasteiger partial charge on any atom is -0.456 e. The van der Waals surface area contributed by atoms with E-state index in [0.717, 1.165) is 77.3 Å². The summed E-state index contributed by atoms with van der Waals surface area (Å²) >= 11 is 0. The summed E-state index contributed by atoms with van der Waals surface area (Å²) in [6, 6.07) is 53.8. The molecule has 4 heterocycles. The van der Waals surface area contributed by atoms with Crippen molar-refractivity contribution in [2.75, 3.05) is 0 Å². The average Bonchev–Trinajstić information content (AvgIpc) is 3.87. The molecule has 0 atom stereocenters. The molecule has 6 nitrogen and oxygen atoms in total. The number of fused-ring (bicyclic) bond motifs is 10. The second kappa shape index (κ2) is 10.7. The molecule has 0 aliphatic heterocycles. The number of rotatable bonds is 4. The maximum absolute atomic E-state index is 6.92. The number of para-hydroxylation sites is 3. The maximum Gasteiger partial charge on any atom is 0.164 e. The number of aromatic nitrogens is 4. The maximum atomic E-state index is 6.92. The van der Waals surface area contributed by atoms with E-state index in [1.165, 1.54) is 10.8 Å². The Labute approximate surface area is 290 Å². The molecular formula is C45H26N4O2. The molecule has 51 heavy (non-hydrogen) atoms. The molecule has 0 radical (unpaired) electrons. The normalized spacial score (nSPS) is 11.9. The lowest BCUT2D eigenvalue weighted by atomic mass is 10.1. The summed E-state index contributed by atoms with van der Waals surface area (Å²) in [6.45, 7) is 0. The van der Waals surface area contributed by atoms with Gasteiger partial charge in [0.25, 0.3) is 0 Å². The Bertz CT molecular complexity index is 3030. The Balaban J connectivity index is 1.11. The summed E-state index contributed by atoms with van der Waals surface area (Å²) in [6.07, 6.45) is 0. The highest BCUT2D eigenvalue weighted by molar-refractivity contribution is 6.23. The first-order chi connectivity index (χ1) is 25.3. The third-order valence-corrected chi connectivity index (χ3v) is 9.86. The molecule has 4 aromatic heterocycles. The zero-order valence-electron chi connectivity index (χ0n) is 27.1. The minimum absolute atomic E-state index is 0.578. The van der Waals surface area contributed by atoms with Gasteiger partial charge in [0.2, 0.25) is 0 Å². The van der Waals surface area contributed by atoms with Crippen LogP contribution in [0.15, 0.2) is 167 Å². The number of hydrogen-bond acceptors (Lipinski definition) is 5. The second-order valence-corrected chi connectivity index (χ2v) is 12.8. The lowest BCUT2D eigenvalue weighted by Crippen LogP contribution is -2.00. The van der Waals surface area contributed by atoms with Crippen LogP contribution in [0.4, 0.5) is 0 Å². The van der Waals surface area contributed by atoms with Crippen LogP contribution in [0.2, 0.25) is 0 Å². The molecule has 0 saturated heterocycles. The zero-order chi connectivity index (χ0) is 33.5. The Hall–Kier alpha value is -7.05. The topological polar surface area (TPSA) is 69.9 Å². The predicted octanol–water partition coefficient (Wildman–Crippen LogP) is 11.8. The Morgan fingerprint density at radius 1 is 0.373 bits per heavy atom. The molecule has 7 aromatic carbocycles. The van der Waals surface area contributed by atoms with Crippen LogP contribution in [0.25, 0.3) is 106 Å². The Morgan fingerprint density at radius 2 is 0.922 bits per heavy atom. The fraction of sp³-hybridized carbons (Fsp3) is 0. The molecule has 0 aliphatic carbocycles. The quantitative estimate of drug-likeness (QED) is 0.189. The highest BCUT2D eigenvalue weighted by Crippen LogP contribution is 2.43. The van der Waals surface area contributed by atoms with Crippen LogP contribution in [0.3, 0.4) is 0 Å². The first-order valence-electron chi connectivity index (χ1n) is 16.9. The van der Waals surface area contributed by atoms with E-state index in [2.05, 4.69) is 89.5 Å². The van der Waals surface area contributed by atoms with Gasteiger partial charge in [0.05, 0.1) is 22.1 Å². The summed E-state index contributed by atoms with van der Waals surface area (Å²) in [7, 11) is 0. The van der Waals surface area contributed by atoms with E-state index in [4.69, 9.17) is 23.8 Å².